The van der Waals surface area contributed by atoms with Crippen LogP contribution < -0.4 is 51.2 Å². The maximum absolute atomic E-state index is 12.5. The molecule has 18 nitrogen and oxygen atoms in total. The number of carboxylic acid groups (broad SMARTS) is 1. The third-order valence-corrected chi connectivity index (χ3v) is 15.2. The van der Waals surface area contributed by atoms with Gasteiger partial charge in [0.15, 0.2) is 11.6 Å². The quantitative estimate of drug-likeness (QED) is 0.0323. The molecule has 0 spiro atoms. The van der Waals surface area contributed by atoms with Gasteiger partial charge >= 0.3 is 35.5 Å². The van der Waals surface area contributed by atoms with Crippen molar-refractivity contribution in [3.8, 4) is 0 Å². The smallest absolute Gasteiger partial charge is 0.870 e. The number of anilines is 4. The number of para-hydroxylation sites is 1. The van der Waals surface area contributed by atoms with E-state index in [0.29, 0.717) is 68.2 Å². The average Bonchev–Trinajstić information content (AvgIpc) is 2.53. The molecule has 3 atom stereocenters. The number of carbonyl (C=O) groups excluding carboxylic acids is 5. The van der Waals surface area contributed by atoms with Crippen molar-refractivity contribution in [2.45, 2.75) is 92.6 Å². The molecule has 5 aromatic carbocycles. The van der Waals surface area contributed by atoms with Crippen LogP contribution in [0.3, 0.4) is 0 Å². The second kappa shape index (κ2) is 31.4. The van der Waals surface area contributed by atoms with Crippen molar-refractivity contribution in [3.63, 3.8) is 0 Å². The Labute approximate surface area is 530 Å². The molecule has 0 bridgehead atoms. The first-order chi connectivity index (χ1) is 41.0. The molecule has 444 valence electrons. The predicted octanol–water partition coefficient (Wildman–Crippen LogP) is 9.11. The Kier molecular flexibility index (Phi) is 24.2. The Balaban J connectivity index is 0.000000196. The molecule has 19 heteroatoms. The van der Waals surface area contributed by atoms with Gasteiger partial charge in [-0.3, -0.25) is 24.0 Å². The summed E-state index contributed by atoms with van der Waals surface area (Å²) in [7, 11) is 0. The van der Waals surface area contributed by atoms with Crippen molar-refractivity contribution in [1.82, 2.24) is 29.7 Å². The maximum Gasteiger partial charge on any atom is 1.00 e. The van der Waals surface area contributed by atoms with E-state index in [9.17, 15) is 28.8 Å². The van der Waals surface area contributed by atoms with Crippen LogP contribution in [-0.2, 0) is 26.1 Å². The molecule has 3 aliphatic heterocycles. The minimum Gasteiger partial charge on any atom is -0.870 e. The number of ketones is 2. The first-order valence-corrected chi connectivity index (χ1v) is 28.5. The molecule has 0 saturated carbocycles. The number of nitrogens with two attached hydrogens (primary N) is 1. The van der Waals surface area contributed by atoms with Crippen molar-refractivity contribution in [2.24, 2.45) is 0 Å². The van der Waals surface area contributed by atoms with Gasteiger partial charge in [-0.25, -0.2) is 19.7 Å². The molecule has 3 amide bonds. The Morgan fingerprint density at radius 2 is 0.816 bits per heavy atom. The number of nitrogens with zero attached hydrogens (tertiary/aromatic N) is 6. The van der Waals surface area contributed by atoms with Gasteiger partial charge in [-0.2, -0.15) is 0 Å². The predicted molar refractivity (Wildman–Crippen MR) is 334 cm³/mol. The van der Waals surface area contributed by atoms with Crippen LogP contribution in [0.5, 0.6) is 0 Å². The average molecular weight is 1180 g/mol. The zero-order chi connectivity index (χ0) is 60.7. The third-order valence-electron chi connectivity index (χ3n) is 15.2. The maximum atomic E-state index is 12.5. The van der Waals surface area contributed by atoms with E-state index >= 15 is 0 Å². The molecule has 0 unspecified atom stereocenters. The number of nitrogen functional groups attached to an aromatic ring is 1. The summed E-state index contributed by atoms with van der Waals surface area (Å²) in [5.74, 6) is 1.58. The van der Waals surface area contributed by atoms with E-state index in [-0.39, 0.29) is 88.0 Å². The molecule has 3 aromatic heterocycles. The van der Waals surface area contributed by atoms with Crippen LogP contribution in [-0.4, -0.2) is 95.1 Å². The van der Waals surface area contributed by atoms with Gasteiger partial charge in [0.2, 0.25) is 0 Å². The van der Waals surface area contributed by atoms with Gasteiger partial charge in [-0.05, 0) is 113 Å². The van der Waals surface area contributed by atoms with Crippen LogP contribution in [0.25, 0.3) is 0 Å². The van der Waals surface area contributed by atoms with E-state index in [1.807, 2.05) is 154 Å². The molecule has 6 heterocycles. The number of pyridine rings is 3. The number of hydrogen-bond donors (Lipinski definition) is 5. The number of carboxylic acids is 1. The first kappa shape index (κ1) is 67.1. The van der Waals surface area contributed by atoms with E-state index in [1.54, 1.807) is 72.9 Å². The number of carbonyl (C=O) groups is 6. The number of nitrogens with one attached hydrogen (secondary N) is 3. The van der Waals surface area contributed by atoms with E-state index in [0.717, 1.165) is 67.4 Å². The van der Waals surface area contributed by atoms with Gasteiger partial charge < -0.3 is 47.0 Å². The van der Waals surface area contributed by atoms with Crippen molar-refractivity contribution in [1.29, 1.82) is 0 Å². The van der Waals surface area contributed by atoms with Crippen molar-refractivity contribution in [2.75, 3.05) is 41.3 Å². The van der Waals surface area contributed by atoms with E-state index < -0.39 is 5.97 Å². The molecule has 11 rings (SSSR count). The minimum atomic E-state index is -0.942. The summed E-state index contributed by atoms with van der Waals surface area (Å²) in [4.78, 5) is 90.5. The summed E-state index contributed by atoms with van der Waals surface area (Å²) in [6, 6.07) is 46.6. The number of hydrogen-bond acceptors (Lipinski definition) is 14. The van der Waals surface area contributed by atoms with Gasteiger partial charge in [-0.15, -0.1) is 0 Å². The molecular weight excluding hydrogens is 1110 g/mol. The fourth-order valence-electron chi connectivity index (χ4n) is 10.1. The zero-order valence-electron chi connectivity index (χ0n) is 50.5. The monoisotopic (exact) mass is 1180 g/mol. The van der Waals surface area contributed by atoms with E-state index in [4.69, 9.17) is 10.8 Å². The fraction of sp³-hybridized carbons (Fsp3) is 0.250. The summed E-state index contributed by atoms with van der Waals surface area (Å²) in [5, 5.41) is 19.1. The summed E-state index contributed by atoms with van der Waals surface area (Å²) in [5.41, 5.74) is 16.9. The Morgan fingerprint density at radius 3 is 1.11 bits per heavy atom. The molecule has 3 aliphatic rings. The first-order valence-electron chi connectivity index (χ1n) is 28.5. The summed E-state index contributed by atoms with van der Waals surface area (Å²) < 4.78 is 0. The van der Waals surface area contributed by atoms with E-state index in [1.165, 1.54) is 0 Å². The number of amides is 3. The summed E-state index contributed by atoms with van der Waals surface area (Å²) >= 11 is 0. The van der Waals surface area contributed by atoms with E-state index in [2.05, 4.69) is 37.8 Å². The van der Waals surface area contributed by atoms with Crippen LogP contribution in [0.2, 0.25) is 0 Å². The molecule has 87 heavy (non-hydrogen) atoms. The second-order valence-electron chi connectivity index (χ2n) is 20.8. The Hall–Kier alpha value is -9.07. The van der Waals surface area contributed by atoms with Gasteiger partial charge in [0.25, 0.3) is 17.7 Å². The molecule has 8 aromatic rings. The molecule has 0 radical (unpaired) electrons. The van der Waals surface area contributed by atoms with Gasteiger partial charge in [0, 0.05) is 113 Å². The third kappa shape index (κ3) is 16.7. The summed E-state index contributed by atoms with van der Waals surface area (Å²) in [6.07, 6.45) is 5.38. The van der Waals surface area contributed by atoms with Crippen LogP contribution in [0.15, 0.2) is 170 Å². The van der Waals surface area contributed by atoms with Gasteiger partial charge in [0.05, 0.1) is 25.2 Å². The number of aromatic nitrogens is 3. The van der Waals surface area contributed by atoms with Crippen LogP contribution in [0.1, 0.15) is 168 Å². The normalized spacial score (nSPS) is 13.4. The van der Waals surface area contributed by atoms with Crippen molar-refractivity contribution >= 4 is 58.4 Å². The number of benzene rings is 5. The number of fused-ring (bicyclic) bond motifs is 3. The van der Waals surface area contributed by atoms with Crippen LogP contribution in [0, 0.1) is 0 Å². The zero-order valence-corrected chi connectivity index (χ0v) is 52.5. The van der Waals surface area contributed by atoms with Crippen LogP contribution in [0.4, 0.5) is 23.1 Å². The largest absolute Gasteiger partial charge is 1.00 e. The number of Topliss-reactive ketones (excluding diaryl/α,β-unsaturated/α-hetero) is 2. The van der Waals surface area contributed by atoms with Crippen LogP contribution >= 0.6 is 0 Å². The van der Waals surface area contributed by atoms with Gasteiger partial charge in [-0.1, -0.05) is 109 Å². The van der Waals surface area contributed by atoms with Crippen molar-refractivity contribution < 1.29 is 68.9 Å². The Morgan fingerprint density at radius 1 is 0.494 bits per heavy atom. The molecule has 7 N–H and O–H groups in total. The standard InChI is InChI=1S/C25H25N3O2.C19H21N3O2.C18H19N3O3.C6H7N.Na.H2O/c1-3-28-16-22-21(25(28)30)13-14-26-24(22)27-17(2)19-9-11-20(12-10-19)23(29)15-18-7-5-4-6-8-18;1-4-22-11-17-16(19(22)24)9-10-20-18(17)21-12(2)14-5-7-15(8-6-14)13(3)23;1-3-21-10-15-14(17(21)22)8-9-19-16(15)20-11(2)12-4-6-13(7-5-12)18(23)24;7-6-4-2-1-3-5-6;;/h4-14,17H,3,15-16H2,1-2H3,(H,26,27);5-10,12H,4,11H2,1-3H3,(H,20,21);4-9,11H,3,10H2,1-2H3,(H,19,20)(H,23,24);1-5H,7H2;;1H2/q;;;;+1;/p-1/t17-;12-;11-;;;/m000.../s1. The molecule has 0 saturated heterocycles. The summed E-state index contributed by atoms with van der Waals surface area (Å²) in [6.45, 7) is 17.3. The SMILES string of the molecule is CCN1Cc2c(ccnc2N[C@@H](C)c2ccc(C(=O)Cc3ccccc3)cc2)C1=O.CCN1Cc2c(ccnc2N[C@@H](C)c2ccc(C(=O)O)cc2)C1=O.CCN1Cc2c(ccnc2N[C@@H](C)c2ccc(C(C)=O)cc2)C1=O.Nc1ccccc1.[Na+].[OH-]. The fourth-order valence-corrected chi connectivity index (χ4v) is 10.1. The topological polar surface area (TPSA) is 263 Å². The molecule has 0 fully saturated rings. The number of rotatable bonds is 17. The minimum absolute atomic E-state index is 0. The number of aromatic carboxylic acids is 1. The Bertz CT molecular complexity index is 3530. The molecular formula is C68H73N10NaO8. The van der Waals surface area contributed by atoms with Gasteiger partial charge in [0.1, 0.15) is 17.5 Å². The molecule has 0 aliphatic carbocycles. The second-order valence-corrected chi connectivity index (χ2v) is 20.8. The van der Waals surface area contributed by atoms with Crippen molar-refractivity contribution in [3.05, 3.63) is 243 Å².